The van der Waals surface area contributed by atoms with Gasteiger partial charge in [-0.2, -0.15) is 0 Å². The van der Waals surface area contributed by atoms with Crippen LogP contribution in [0.5, 0.6) is 28.7 Å². The summed E-state index contributed by atoms with van der Waals surface area (Å²) in [5.74, 6) is 2.44. The molecular formula is C27H26O9. The average molecular weight is 494 g/mol. The van der Waals surface area contributed by atoms with E-state index >= 15 is 0 Å². The van der Waals surface area contributed by atoms with Crippen molar-refractivity contribution < 1.29 is 42.7 Å². The van der Waals surface area contributed by atoms with E-state index in [0.717, 1.165) is 22.8 Å². The molecule has 0 radical (unpaired) electrons. The van der Waals surface area contributed by atoms with Gasteiger partial charge in [0.15, 0.2) is 23.0 Å². The highest BCUT2D eigenvalue weighted by Gasteiger charge is 2.35. The van der Waals surface area contributed by atoms with E-state index in [0.29, 0.717) is 58.5 Å². The maximum Gasteiger partial charge on any atom is 0.339 e. The van der Waals surface area contributed by atoms with Crippen LogP contribution in [0.3, 0.4) is 0 Å². The fraction of sp³-hybridized carbons (Fsp3) is 0.370. The maximum atomic E-state index is 13.1. The predicted molar refractivity (Wildman–Crippen MR) is 128 cm³/mol. The van der Waals surface area contributed by atoms with Gasteiger partial charge in [-0.1, -0.05) is 6.07 Å². The van der Waals surface area contributed by atoms with Gasteiger partial charge in [-0.3, -0.25) is 0 Å². The zero-order chi connectivity index (χ0) is 24.8. The van der Waals surface area contributed by atoms with E-state index < -0.39 is 12.3 Å². The van der Waals surface area contributed by atoms with Crippen molar-refractivity contribution in [2.75, 3.05) is 34.7 Å². The molecule has 1 fully saturated rings. The van der Waals surface area contributed by atoms with E-state index in [9.17, 15) is 4.79 Å². The predicted octanol–water partition coefficient (Wildman–Crippen LogP) is 4.45. The highest BCUT2D eigenvalue weighted by Crippen LogP contribution is 2.49. The highest BCUT2D eigenvalue weighted by atomic mass is 16.7. The fourth-order valence-electron chi connectivity index (χ4n) is 5.05. The lowest BCUT2D eigenvalue weighted by atomic mass is 9.89. The molecule has 9 heteroatoms. The topological polar surface area (TPSA) is 90.9 Å². The molecule has 2 atom stereocenters. The van der Waals surface area contributed by atoms with Crippen molar-refractivity contribution in [1.82, 2.24) is 0 Å². The third kappa shape index (κ3) is 3.66. The number of rotatable bonds is 6. The lowest BCUT2D eigenvalue weighted by Gasteiger charge is -2.30. The van der Waals surface area contributed by atoms with E-state index in [1.807, 2.05) is 30.3 Å². The lowest BCUT2D eigenvalue weighted by Crippen LogP contribution is -2.34. The Hall–Kier alpha value is -3.69. The molecule has 3 heterocycles. The summed E-state index contributed by atoms with van der Waals surface area (Å²) in [6.45, 7) is 0.762. The molecule has 0 saturated carbocycles. The van der Waals surface area contributed by atoms with Crippen LogP contribution < -0.4 is 23.7 Å². The van der Waals surface area contributed by atoms with Gasteiger partial charge in [-0.25, -0.2) is 4.79 Å². The van der Waals surface area contributed by atoms with Gasteiger partial charge in [-0.05, 0) is 41.6 Å². The van der Waals surface area contributed by atoms with Crippen LogP contribution in [0.25, 0.3) is 21.9 Å². The Morgan fingerprint density at radius 3 is 2.44 bits per heavy atom. The molecule has 6 rings (SSSR count). The molecule has 1 saturated heterocycles. The minimum absolute atomic E-state index is 0.0310. The lowest BCUT2D eigenvalue weighted by molar-refractivity contribution is -0.143. The Bertz CT molecular complexity index is 1350. The summed E-state index contributed by atoms with van der Waals surface area (Å²) in [5.41, 5.74) is 2.60. The monoisotopic (exact) mass is 494 g/mol. The van der Waals surface area contributed by atoms with Gasteiger partial charge in [0.1, 0.15) is 12.4 Å². The molecule has 0 bridgehead atoms. The number of carbonyl (C=O) groups excluding carboxylic acids is 1. The first-order valence-corrected chi connectivity index (χ1v) is 11.7. The quantitative estimate of drug-likeness (QED) is 0.461. The first-order chi connectivity index (χ1) is 17.6. The van der Waals surface area contributed by atoms with Gasteiger partial charge < -0.3 is 37.9 Å². The average Bonchev–Trinajstić information content (AvgIpc) is 3.54. The Labute approximate surface area is 207 Å². The van der Waals surface area contributed by atoms with Crippen LogP contribution in [-0.2, 0) is 20.8 Å². The summed E-state index contributed by atoms with van der Waals surface area (Å²) in [5, 5.41) is 1.50. The minimum Gasteiger partial charge on any atom is -0.493 e. The van der Waals surface area contributed by atoms with Gasteiger partial charge >= 0.3 is 5.97 Å². The van der Waals surface area contributed by atoms with Crippen molar-refractivity contribution in [2.45, 2.75) is 31.8 Å². The maximum absolute atomic E-state index is 13.1. The number of carbonyl (C=O) groups is 1. The summed E-state index contributed by atoms with van der Waals surface area (Å²) >= 11 is 0. The molecule has 3 aromatic rings. The van der Waals surface area contributed by atoms with Crippen LogP contribution in [-0.4, -0.2) is 53.1 Å². The molecule has 188 valence electrons. The molecule has 0 spiro atoms. The third-order valence-corrected chi connectivity index (χ3v) is 6.86. The molecule has 0 aromatic heterocycles. The first-order valence-electron chi connectivity index (χ1n) is 11.7. The smallest absolute Gasteiger partial charge is 0.339 e. The molecule has 2 unspecified atom stereocenters. The number of benzene rings is 3. The van der Waals surface area contributed by atoms with E-state index in [2.05, 4.69) is 0 Å². The minimum atomic E-state index is -0.531. The molecule has 0 aliphatic carbocycles. The second kappa shape index (κ2) is 9.07. The molecule has 0 amide bonds. The summed E-state index contributed by atoms with van der Waals surface area (Å²) in [4.78, 5) is 13.1. The zero-order valence-electron chi connectivity index (χ0n) is 20.3. The van der Waals surface area contributed by atoms with Crippen LogP contribution >= 0.6 is 0 Å². The molecule has 3 aliphatic rings. The summed E-state index contributed by atoms with van der Waals surface area (Å²) < 4.78 is 45.7. The standard InChI is InChI=1S/C27H26O9/c1-29-15-6-7-32-23(9-15)36-26-17-11-21(31-3)20(30-2)10-16(17)24(25-18(26)12-33-27(25)28)14-4-5-19-22(8-14)35-13-34-19/h4-5,8,10-11,15,23H,6-7,9,12-13H2,1-3H3. The molecule has 36 heavy (non-hydrogen) atoms. The number of cyclic esters (lactones) is 1. The summed E-state index contributed by atoms with van der Waals surface area (Å²) in [7, 11) is 4.84. The van der Waals surface area contributed by atoms with Gasteiger partial charge in [0.2, 0.25) is 13.1 Å². The van der Waals surface area contributed by atoms with Crippen LogP contribution in [0.4, 0.5) is 0 Å². The van der Waals surface area contributed by atoms with Crippen molar-refractivity contribution in [2.24, 2.45) is 0 Å². The van der Waals surface area contributed by atoms with Crippen molar-refractivity contribution in [1.29, 1.82) is 0 Å². The Balaban J connectivity index is 1.60. The molecule has 3 aromatic carbocycles. The van der Waals surface area contributed by atoms with Crippen LogP contribution in [0.15, 0.2) is 30.3 Å². The normalized spacial score (nSPS) is 20.2. The molecule has 0 N–H and O–H groups in total. The summed E-state index contributed by atoms with van der Waals surface area (Å²) in [6.07, 6.45) is 0.864. The largest absolute Gasteiger partial charge is 0.493 e. The van der Waals surface area contributed by atoms with Crippen molar-refractivity contribution >= 4 is 16.7 Å². The van der Waals surface area contributed by atoms with Crippen molar-refractivity contribution in [3.8, 4) is 39.9 Å². The number of methoxy groups -OCH3 is 3. The highest BCUT2D eigenvalue weighted by molar-refractivity contribution is 6.14. The van der Waals surface area contributed by atoms with E-state index in [1.165, 1.54) is 0 Å². The zero-order valence-corrected chi connectivity index (χ0v) is 20.3. The van der Waals surface area contributed by atoms with E-state index in [1.54, 1.807) is 21.3 Å². The number of ether oxygens (including phenoxy) is 8. The van der Waals surface area contributed by atoms with Gasteiger partial charge in [0.25, 0.3) is 0 Å². The number of hydrogen-bond acceptors (Lipinski definition) is 9. The SMILES string of the molecule is COc1cc2c(OC3CC(OC)CCO3)c3c(c(-c4ccc5c(c4)OCO5)c2cc1OC)C(=O)OC3. The van der Waals surface area contributed by atoms with Crippen molar-refractivity contribution in [3.05, 3.63) is 41.5 Å². The molecule has 9 nitrogen and oxygen atoms in total. The van der Waals surface area contributed by atoms with Crippen LogP contribution in [0.2, 0.25) is 0 Å². The van der Waals surface area contributed by atoms with E-state index in [-0.39, 0.29) is 19.5 Å². The number of fused-ring (bicyclic) bond motifs is 3. The Morgan fingerprint density at radius 2 is 1.67 bits per heavy atom. The van der Waals surface area contributed by atoms with Crippen molar-refractivity contribution in [3.63, 3.8) is 0 Å². The number of esters is 1. The first kappa shape index (κ1) is 22.8. The number of hydrogen-bond donors (Lipinski definition) is 0. The van der Waals surface area contributed by atoms with Crippen LogP contribution in [0, 0.1) is 0 Å². The van der Waals surface area contributed by atoms with Gasteiger partial charge in [0.05, 0.1) is 32.5 Å². The Kier molecular flexibility index (Phi) is 5.73. The van der Waals surface area contributed by atoms with Crippen LogP contribution in [0.1, 0.15) is 28.8 Å². The van der Waals surface area contributed by atoms with Gasteiger partial charge in [-0.15, -0.1) is 0 Å². The summed E-state index contributed by atoms with van der Waals surface area (Å²) in [6, 6.07) is 9.32. The molecular weight excluding hydrogens is 468 g/mol. The fourth-order valence-corrected chi connectivity index (χ4v) is 5.05. The second-order valence-electron chi connectivity index (χ2n) is 8.75. The second-order valence-corrected chi connectivity index (χ2v) is 8.75. The Morgan fingerprint density at radius 1 is 0.889 bits per heavy atom. The molecule has 3 aliphatic heterocycles. The third-order valence-electron chi connectivity index (χ3n) is 6.86. The van der Waals surface area contributed by atoms with E-state index in [4.69, 9.17) is 37.9 Å². The van der Waals surface area contributed by atoms with Gasteiger partial charge in [0, 0.05) is 30.0 Å².